The van der Waals surface area contributed by atoms with Gasteiger partial charge in [-0.3, -0.25) is 9.52 Å². The van der Waals surface area contributed by atoms with Gasteiger partial charge in [-0.05, 0) is 49.4 Å². The first-order chi connectivity index (χ1) is 12.8. The van der Waals surface area contributed by atoms with E-state index in [1.165, 1.54) is 30.5 Å². The number of hydrogen-bond acceptors (Lipinski definition) is 5. The average molecular weight is 410 g/mol. The van der Waals surface area contributed by atoms with Crippen LogP contribution in [-0.2, 0) is 10.0 Å². The van der Waals surface area contributed by atoms with Crippen molar-refractivity contribution in [1.82, 2.24) is 5.16 Å². The van der Waals surface area contributed by atoms with E-state index in [4.69, 9.17) is 16.1 Å². The molecule has 0 atom stereocenters. The van der Waals surface area contributed by atoms with Crippen molar-refractivity contribution in [1.29, 1.82) is 0 Å². The number of amides is 1. The van der Waals surface area contributed by atoms with Gasteiger partial charge in [0.15, 0.2) is 0 Å². The summed E-state index contributed by atoms with van der Waals surface area (Å²) in [6.45, 7) is 1.61. The minimum absolute atomic E-state index is 0.100. The van der Waals surface area contributed by atoms with E-state index in [1.807, 2.05) is 0 Å². The van der Waals surface area contributed by atoms with Gasteiger partial charge in [0, 0.05) is 11.4 Å². The summed E-state index contributed by atoms with van der Waals surface area (Å²) >= 11 is 5.84. The Kier molecular flexibility index (Phi) is 5.15. The van der Waals surface area contributed by atoms with E-state index >= 15 is 0 Å². The van der Waals surface area contributed by atoms with Crippen molar-refractivity contribution >= 4 is 38.9 Å². The quantitative estimate of drug-likeness (QED) is 0.666. The van der Waals surface area contributed by atoms with Crippen LogP contribution in [0, 0.1) is 12.7 Å². The molecule has 0 unspecified atom stereocenters. The maximum atomic E-state index is 13.3. The molecule has 0 aliphatic heterocycles. The zero-order valence-corrected chi connectivity index (χ0v) is 15.4. The number of aromatic nitrogens is 1. The Morgan fingerprint density at radius 2 is 1.81 bits per heavy atom. The Balaban J connectivity index is 1.75. The van der Waals surface area contributed by atoms with E-state index in [-0.39, 0.29) is 15.6 Å². The minimum Gasteiger partial charge on any atom is -0.361 e. The molecule has 140 valence electrons. The molecule has 27 heavy (non-hydrogen) atoms. The Labute approximate surface area is 159 Å². The normalized spacial score (nSPS) is 11.2. The first-order valence-corrected chi connectivity index (χ1v) is 9.43. The topological polar surface area (TPSA) is 101 Å². The number of nitrogens with zero attached hydrogens (tertiary/aromatic N) is 1. The summed E-state index contributed by atoms with van der Waals surface area (Å²) in [5.74, 6) is -0.751. The molecule has 10 heteroatoms. The Bertz CT molecular complexity index is 1100. The molecule has 0 bridgehead atoms. The van der Waals surface area contributed by atoms with Crippen LogP contribution in [-0.4, -0.2) is 19.5 Å². The highest BCUT2D eigenvalue weighted by atomic mass is 35.5. The van der Waals surface area contributed by atoms with Crippen molar-refractivity contribution < 1.29 is 22.1 Å². The van der Waals surface area contributed by atoms with Gasteiger partial charge in [0.1, 0.15) is 22.0 Å². The number of carbonyl (C=O) groups excluding carboxylic acids is 1. The molecule has 0 aliphatic rings. The molecular weight excluding hydrogens is 397 g/mol. The molecule has 2 N–H and O–H groups in total. The number of benzene rings is 2. The van der Waals surface area contributed by atoms with Crippen molar-refractivity contribution in [2.45, 2.75) is 11.8 Å². The molecule has 0 fully saturated rings. The standard InChI is InChI=1S/C17H13ClFN3O4S/c1-10-14(9-20-26-10)17(23)21-12-3-5-13(6-4-12)22-27(24,25)16-8-11(19)2-7-15(16)18/h2-9,22H,1H3,(H,21,23). The average Bonchev–Trinajstić information content (AvgIpc) is 3.04. The highest BCUT2D eigenvalue weighted by Crippen LogP contribution is 2.25. The maximum absolute atomic E-state index is 13.3. The SMILES string of the molecule is Cc1oncc1C(=O)Nc1ccc(NS(=O)(=O)c2cc(F)ccc2Cl)cc1. The lowest BCUT2D eigenvalue weighted by molar-refractivity contribution is 0.102. The molecule has 1 heterocycles. The van der Waals surface area contributed by atoms with Crippen LogP contribution in [0.2, 0.25) is 5.02 Å². The van der Waals surface area contributed by atoms with Crippen LogP contribution >= 0.6 is 11.6 Å². The van der Waals surface area contributed by atoms with Crippen LogP contribution in [0.15, 0.2) is 58.1 Å². The summed E-state index contributed by atoms with van der Waals surface area (Å²) in [5, 5.41) is 6.07. The van der Waals surface area contributed by atoms with E-state index in [0.717, 1.165) is 18.2 Å². The first-order valence-electron chi connectivity index (χ1n) is 7.57. The van der Waals surface area contributed by atoms with Crippen LogP contribution < -0.4 is 10.0 Å². The van der Waals surface area contributed by atoms with Gasteiger partial charge in [0.2, 0.25) is 0 Å². The number of aryl methyl sites for hydroxylation is 1. The van der Waals surface area contributed by atoms with E-state index < -0.39 is 21.7 Å². The highest BCUT2D eigenvalue weighted by molar-refractivity contribution is 7.92. The van der Waals surface area contributed by atoms with Crippen LogP contribution in [0.4, 0.5) is 15.8 Å². The molecule has 0 radical (unpaired) electrons. The maximum Gasteiger partial charge on any atom is 0.263 e. The summed E-state index contributed by atoms with van der Waals surface area (Å²) in [6, 6.07) is 8.96. The van der Waals surface area contributed by atoms with Crippen LogP contribution in [0.25, 0.3) is 0 Å². The third-order valence-corrected chi connectivity index (χ3v) is 5.44. The van der Waals surface area contributed by atoms with E-state index in [1.54, 1.807) is 6.92 Å². The predicted octanol–water partition coefficient (Wildman–Crippen LogP) is 3.83. The van der Waals surface area contributed by atoms with Gasteiger partial charge in [-0.2, -0.15) is 0 Å². The van der Waals surface area contributed by atoms with Crippen LogP contribution in [0.1, 0.15) is 16.1 Å². The molecule has 3 rings (SSSR count). The van der Waals surface area contributed by atoms with E-state index in [0.29, 0.717) is 17.0 Å². The zero-order chi connectivity index (χ0) is 19.6. The Morgan fingerprint density at radius 3 is 2.44 bits per heavy atom. The van der Waals surface area contributed by atoms with Gasteiger partial charge in [-0.1, -0.05) is 16.8 Å². The molecule has 0 saturated carbocycles. The van der Waals surface area contributed by atoms with Crippen LogP contribution in [0.5, 0.6) is 0 Å². The lowest BCUT2D eigenvalue weighted by Gasteiger charge is -2.10. The smallest absolute Gasteiger partial charge is 0.263 e. The lowest BCUT2D eigenvalue weighted by Crippen LogP contribution is -2.14. The molecule has 7 nitrogen and oxygen atoms in total. The third kappa shape index (κ3) is 4.26. The molecule has 1 amide bonds. The van der Waals surface area contributed by atoms with Gasteiger partial charge < -0.3 is 9.84 Å². The Hall–Kier alpha value is -2.91. The van der Waals surface area contributed by atoms with Gasteiger partial charge in [-0.25, -0.2) is 12.8 Å². The van der Waals surface area contributed by atoms with Gasteiger partial charge in [0.05, 0.1) is 11.2 Å². The van der Waals surface area contributed by atoms with Crippen LogP contribution in [0.3, 0.4) is 0 Å². The van der Waals surface area contributed by atoms with E-state index in [2.05, 4.69) is 15.2 Å². The summed E-state index contributed by atoms with van der Waals surface area (Å²) in [4.78, 5) is 11.7. The van der Waals surface area contributed by atoms with Crippen molar-refractivity contribution in [3.05, 3.63) is 70.8 Å². The highest BCUT2D eigenvalue weighted by Gasteiger charge is 2.19. The summed E-state index contributed by atoms with van der Waals surface area (Å²) < 4.78 is 45.2. The van der Waals surface area contributed by atoms with Crippen molar-refractivity contribution in [3.8, 4) is 0 Å². The molecule has 0 aliphatic carbocycles. The number of anilines is 2. The fourth-order valence-electron chi connectivity index (χ4n) is 2.23. The molecular formula is C17H13ClFN3O4S. The van der Waals surface area contributed by atoms with E-state index in [9.17, 15) is 17.6 Å². The number of hydrogen-bond donors (Lipinski definition) is 2. The summed E-state index contributed by atoms with van der Waals surface area (Å²) in [6.07, 6.45) is 1.30. The van der Waals surface area contributed by atoms with Crippen molar-refractivity contribution in [3.63, 3.8) is 0 Å². The third-order valence-electron chi connectivity index (χ3n) is 3.57. The molecule has 0 saturated heterocycles. The number of halogens is 2. The fourth-order valence-corrected chi connectivity index (χ4v) is 3.80. The summed E-state index contributed by atoms with van der Waals surface area (Å²) in [7, 11) is -4.07. The summed E-state index contributed by atoms with van der Waals surface area (Å²) in [5.41, 5.74) is 0.947. The number of rotatable bonds is 5. The second-order valence-corrected chi connectivity index (χ2v) is 7.57. The monoisotopic (exact) mass is 409 g/mol. The molecule has 2 aromatic carbocycles. The fraction of sp³-hybridized carbons (Fsp3) is 0.0588. The van der Waals surface area contributed by atoms with Crippen molar-refractivity contribution in [2.75, 3.05) is 10.0 Å². The minimum atomic E-state index is -4.07. The molecule has 3 aromatic rings. The zero-order valence-electron chi connectivity index (χ0n) is 13.9. The Morgan fingerprint density at radius 1 is 1.15 bits per heavy atom. The van der Waals surface area contributed by atoms with Gasteiger partial charge in [-0.15, -0.1) is 0 Å². The largest absolute Gasteiger partial charge is 0.361 e. The molecule has 1 aromatic heterocycles. The first kappa shape index (κ1) is 18.9. The lowest BCUT2D eigenvalue weighted by atomic mass is 10.2. The second-order valence-electron chi connectivity index (χ2n) is 5.51. The van der Waals surface area contributed by atoms with Crippen molar-refractivity contribution in [2.24, 2.45) is 0 Å². The number of sulfonamides is 1. The number of carbonyl (C=O) groups is 1. The van der Waals surface area contributed by atoms with Gasteiger partial charge in [0.25, 0.3) is 15.9 Å². The molecule has 0 spiro atoms. The predicted molar refractivity (Wildman–Crippen MR) is 97.9 cm³/mol. The second kappa shape index (κ2) is 7.37. The van der Waals surface area contributed by atoms with Gasteiger partial charge >= 0.3 is 0 Å². The number of nitrogens with one attached hydrogen (secondary N) is 2.